The number of hydrogen-bond donors (Lipinski definition) is 2. The van der Waals surface area contributed by atoms with Gasteiger partial charge in [-0.15, -0.1) is 0 Å². The lowest BCUT2D eigenvalue weighted by atomic mass is 9.97. The second-order valence-corrected chi connectivity index (χ2v) is 7.54. The van der Waals surface area contributed by atoms with E-state index < -0.39 is 5.60 Å². The molecule has 0 spiro atoms. The number of nitrogens with zero attached hydrogens (tertiary/aromatic N) is 3. The van der Waals surface area contributed by atoms with Gasteiger partial charge < -0.3 is 10.4 Å². The second kappa shape index (κ2) is 7.14. The van der Waals surface area contributed by atoms with E-state index >= 15 is 0 Å². The third-order valence-electron chi connectivity index (χ3n) is 4.71. The van der Waals surface area contributed by atoms with Crippen molar-refractivity contribution in [3.63, 3.8) is 0 Å². The van der Waals surface area contributed by atoms with Crippen LogP contribution in [0.25, 0.3) is 16.9 Å². The number of fused-ring (bicyclic) bond motifs is 1. The Morgan fingerprint density at radius 3 is 2.38 bits per heavy atom. The van der Waals surface area contributed by atoms with Crippen molar-refractivity contribution in [2.45, 2.75) is 26.4 Å². The van der Waals surface area contributed by atoms with Gasteiger partial charge in [0, 0.05) is 23.3 Å². The summed E-state index contributed by atoms with van der Waals surface area (Å²) in [5.74, 6) is 0.187. The van der Waals surface area contributed by atoms with Crippen LogP contribution in [0.3, 0.4) is 0 Å². The fraction of sp³-hybridized carbons (Fsp3) is 0.174. The first-order chi connectivity index (χ1) is 13.8. The maximum atomic E-state index is 12.7. The molecule has 0 bridgehead atoms. The zero-order valence-electron chi connectivity index (χ0n) is 16.5. The zero-order valence-corrected chi connectivity index (χ0v) is 16.5. The van der Waals surface area contributed by atoms with E-state index in [1.54, 1.807) is 42.6 Å². The molecule has 2 N–H and O–H groups in total. The van der Waals surface area contributed by atoms with E-state index in [1.165, 1.54) is 0 Å². The van der Waals surface area contributed by atoms with Gasteiger partial charge in [0.2, 0.25) is 0 Å². The molecule has 1 amide bonds. The van der Waals surface area contributed by atoms with Crippen LogP contribution in [0.4, 0.5) is 5.82 Å². The van der Waals surface area contributed by atoms with Crippen molar-refractivity contribution in [3.05, 3.63) is 83.6 Å². The molecular formula is C23H22N4O2. The average Bonchev–Trinajstić information content (AvgIpc) is 3.07. The summed E-state index contributed by atoms with van der Waals surface area (Å²) in [4.78, 5) is 17.3. The molecule has 2 heterocycles. The van der Waals surface area contributed by atoms with Gasteiger partial charge in [-0.05, 0) is 38.5 Å². The van der Waals surface area contributed by atoms with Crippen LogP contribution >= 0.6 is 0 Å². The lowest BCUT2D eigenvalue weighted by molar-refractivity contribution is 0.0785. The Morgan fingerprint density at radius 1 is 1.03 bits per heavy atom. The SMILES string of the molecule is Cc1cc2nc(NC(=O)c3ccc(C(C)(C)O)cc3)cc(-c3ccccc3)n2n1. The van der Waals surface area contributed by atoms with E-state index in [2.05, 4.69) is 15.4 Å². The highest BCUT2D eigenvalue weighted by molar-refractivity contribution is 6.04. The first-order valence-electron chi connectivity index (χ1n) is 9.38. The summed E-state index contributed by atoms with van der Waals surface area (Å²) in [6, 6.07) is 20.4. The molecule has 0 saturated carbocycles. The van der Waals surface area contributed by atoms with Crippen LogP contribution in [0, 0.1) is 6.92 Å². The van der Waals surface area contributed by atoms with Crippen molar-refractivity contribution < 1.29 is 9.90 Å². The van der Waals surface area contributed by atoms with Crippen molar-refractivity contribution in [2.75, 3.05) is 5.32 Å². The number of anilines is 1. The topological polar surface area (TPSA) is 79.5 Å². The molecule has 2 aromatic heterocycles. The quantitative estimate of drug-likeness (QED) is 0.551. The molecule has 29 heavy (non-hydrogen) atoms. The van der Waals surface area contributed by atoms with Gasteiger partial charge in [0.25, 0.3) is 5.91 Å². The van der Waals surface area contributed by atoms with Crippen LogP contribution in [0.15, 0.2) is 66.7 Å². The van der Waals surface area contributed by atoms with Gasteiger partial charge in [0.1, 0.15) is 5.82 Å². The Hall–Kier alpha value is -3.51. The fourth-order valence-electron chi connectivity index (χ4n) is 3.19. The summed E-state index contributed by atoms with van der Waals surface area (Å²) < 4.78 is 1.78. The molecule has 2 aromatic carbocycles. The molecule has 4 rings (SSSR count). The van der Waals surface area contributed by atoms with Gasteiger partial charge in [-0.2, -0.15) is 5.10 Å². The molecule has 0 aliphatic carbocycles. The summed E-state index contributed by atoms with van der Waals surface area (Å²) in [6.07, 6.45) is 0. The Morgan fingerprint density at radius 2 is 1.72 bits per heavy atom. The van der Waals surface area contributed by atoms with Crippen LogP contribution in [0.1, 0.15) is 35.5 Å². The third-order valence-corrected chi connectivity index (χ3v) is 4.71. The molecule has 0 radical (unpaired) electrons. The molecule has 0 aliphatic heterocycles. The van der Waals surface area contributed by atoms with E-state index in [4.69, 9.17) is 0 Å². The summed E-state index contributed by atoms with van der Waals surface area (Å²) in [5, 5.41) is 17.5. The van der Waals surface area contributed by atoms with Gasteiger partial charge >= 0.3 is 0 Å². The molecule has 0 saturated heterocycles. The van der Waals surface area contributed by atoms with Gasteiger partial charge in [-0.25, -0.2) is 9.50 Å². The number of nitrogens with one attached hydrogen (secondary N) is 1. The van der Waals surface area contributed by atoms with E-state index in [0.717, 1.165) is 22.5 Å². The predicted octanol–water partition coefficient (Wildman–Crippen LogP) is 4.18. The second-order valence-electron chi connectivity index (χ2n) is 7.54. The molecule has 146 valence electrons. The molecule has 6 heteroatoms. The zero-order chi connectivity index (χ0) is 20.6. The Balaban J connectivity index is 1.68. The highest BCUT2D eigenvalue weighted by Crippen LogP contribution is 2.24. The van der Waals surface area contributed by atoms with E-state index in [9.17, 15) is 9.90 Å². The lowest BCUT2D eigenvalue weighted by Gasteiger charge is -2.17. The smallest absolute Gasteiger partial charge is 0.256 e. The van der Waals surface area contributed by atoms with E-state index in [0.29, 0.717) is 17.0 Å². The Labute approximate surface area is 168 Å². The lowest BCUT2D eigenvalue weighted by Crippen LogP contribution is -2.17. The fourth-order valence-corrected chi connectivity index (χ4v) is 3.19. The number of rotatable bonds is 4. The number of aromatic nitrogens is 3. The van der Waals surface area contributed by atoms with Gasteiger partial charge in [0.15, 0.2) is 5.65 Å². The largest absolute Gasteiger partial charge is 0.386 e. The molecular weight excluding hydrogens is 364 g/mol. The van der Waals surface area contributed by atoms with Crippen molar-refractivity contribution >= 4 is 17.4 Å². The minimum atomic E-state index is -0.952. The molecule has 6 nitrogen and oxygen atoms in total. The Bertz CT molecular complexity index is 1170. The molecule has 0 fully saturated rings. The van der Waals surface area contributed by atoms with Crippen LogP contribution in [0.5, 0.6) is 0 Å². The highest BCUT2D eigenvalue weighted by Gasteiger charge is 2.17. The van der Waals surface area contributed by atoms with Crippen LogP contribution in [-0.2, 0) is 5.60 Å². The van der Waals surface area contributed by atoms with Gasteiger partial charge in [0.05, 0.1) is 17.0 Å². The molecule has 0 unspecified atom stereocenters. The maximum absolute atomic E-state index is 12.7. The summed E-state index contributed by atoms with van der Waals surface area (Å²) >= 11 is 0. The number of aryl methyl sites for hydroxylation is 1. The Kier molecular flexibility index (Phi) is 4.64. The number of carbonyl (C=O) groups excluding carboxylic acids is 1. The van der Waals surface area contributed by atoms with Crippen molar-refractivity contribution in [3.8, 4) is 11.3 Å². The minimum absolute atomic E-state index is 0.264. The summed E-state index contributed by atoms with van der Waals surface area (Å²) in [5.41, 5.74) is 3.62. The number of amides is 1. The number of carbonyl (C=O) groups is 1. The van der Waals surface area contributed by atoms with Crippen LogP contribution in [-0.4, -0.2) is 25.6 Å². The van der Waals surface area contributed by atoms with Crippen molar-refractivity contribution in [1.29, 1.82) is 0 Å². The normalized spacial score (nSPS) is 11.6. The standard InChI is InChI=1S/C23H22N4O2/c1-15-13-21-24-20(14-19(27(21)26-15)16-7-5-4-6-8-16)25-22(28)17-9-11-18(12-10-17)23(2,3)29/h4-14,29H,1-3H3,(H,24,25,28). The third kappa shape index (κ3) is 3.88. The first kappa shape index (κ1) is 18.8. The van der Waals surface area contributed by atoms with Crippen molar-refractivity contribution in [2.24, 2.45) is 0 Å². The molecule has 0 atom stereocenters. The van der Waals surface area contributed by atoms with E-state index in [1.807, 2.05) is 49.4 Å². The number of benzene rings is 2. The van der Waals surface area contributed by atoms with Gasteiger partial charge in [-0.1, -0.05) is 42.5 Å². The van der Waals surface area contributed by atoms with Crippen molar-refractivity contribution in [1.82, 2.24) is 14.6 Å². The average molecular weight is 386 g/mol. The monoisotopic (exact) mass is 386 g/mol. The minimum Gasteiger partial charge on any atom is -0.386 e. The molecule has 4 aromatic rings. The predicted molar refractivity (Wildman–Crippen MR) is 113 cm³/mol. The highest BCUT2D eigenvalue weighted by atomic mass is 16.3. The molecule has 0 aliphatic rings. The van der Waals surface area contributed by atoms with Gasteiger partial charge in [-0.3, -0.25) is 4.79 Å². The van der Waals surface area contributed by atoms with Crippen LogP contribution < -0.4 is 5.32 Å². The van der Waals surface area contributed by atoms with E-state index in [-0.39, 0.29) is 5.91 Å². The van der Waals surface area contributed by atoms with Crippen LogP contribution in [0.2, 0.25) is 0 Å². The summed E-state index contributed by atoms with van der Waals surface area (Å²) in [7, 11) is 0. The number of hydrogen-bond acceptors (Lipinski definition) is 4. The maximum Gasteiger partial charge on any atom is 0.256 e. The number of aliphatic hydroxyl groups is 1. The first-order valence-corrected chi connectivity index (χ1v) is 9.38. The summed E-state index contributed by atoms with van der Waals surface area (Å²) in [6.45, 7) is 5.33.